The third kappa shape index (κ3) is 5.15. The van der Waals surface area contributed by atoms with Gasteiger partial charge in [-0.3, -0.25) is 4.79 Å². The number of carboxylic acids is 1. The molecule has 0 saturated carbocycles. The van der Waals surface area contributed by atoms with Crippen LogP contribution in [0.3, 0.4) is 0 Å². The smallest absolute Gasteiger partial charge is 0.336 e. The van der Waals surface area contributed by atoms with E-state index in [4.69, 9.17) is 5.11 Å². The Morgan fingerprint density at radius 1 is 0.720 bits per heavy atom. The van der Waals surface area contributed by atoms with Gasteiger partial charge in [-0.25, -0.2) is 4.79 Å². The predicted octanol–water partition coefficient (Wildman–Crippen LogP) is 4.86. The van der Waals surface area contributed by atoms with Crippen LogP contribution in [-0.2, 0) is 6.42 Å². The van der Waals surface area contributed by atoms with Crippen molar-refractivity contribution in [3.8, 4) is 0 Å². The van der Waals surface area contributed by atoms with Gasteiger partial charge < -0.3 is 5.11 Å². The van der Waals surface area contributed by atoms with Crippen LogP contribution >= 0.6 is 0 Å². The highest BCUT2D eigenvalue weighted by atomic mass is 16.4. The molecule has 3 aromatic rings. The lowest BCUT2D eigenvalue weighted by atomic mass is 9.97. The van der Waals surface area contributed by atoms with Gasteiger partial charge in [0.1, 0.15) is 0 Å². The number of aromatic carboxylic acids is 1. The molecule has 0 bridgehead atoms. The number of benzene rings is 3. The summed E-state index contributed by atoms with van der Waals surface area (Å²) in [4.78, 5) is 23.4. The molecule has 0 aromatic heterocycles. The number of aryl methyl sites for hydroxylation is 1. The van der Waals surface area contributed by atoms with Crippen molar-refractivity contribution in [3.05, 3.63) is 107 Å². The van der Waals surface area contributed by atoms with Gasteiger partial charge in [-0.05, 0) is 18.1 Å². The lowest BCUT2D eigenvalue weighted by molar-refractivity contribution is 0.0693. The van der Waals surface area contributed by atoms with Crippen molar-refractivity contribution in [1.29, 1.82) is 0 Å². The highest BCUT2D eigenvalue weighted by molar-refractivity contribution is 6.14. The number of carboxylic acid groups (broad SMARTS) is 1. The van der Waals surface area contributed by atoms with Crippen LogP contribution in [-0.4, -0.2) is 16.9 Å². The molecule has 0 heterocycles. The van der Waals surface area contributed by atoms with Gasteiger partial charge in [-0.2, -0.15) is 0 Å². The van der Waals surface area contributed by atoms with Gasteiger partial charge in [-0.1, -0.05) is 85.8 Å². The van der Waals surface area contributed by atoms with Crippen LogP contribution in [0.15, 0.2) is 84.9 Å². The summed E-state index contributed by atoms with van der Waals surface area (Å²) in [6.45, 7) is 2.04. The predicted molar refractivity (Wildman–Crippen MR) is 99.1 cm³/mol. The molecule has 0 amide bonds. The third-order valence-corrected chi connectivity index (χ3v) is 3.69. The Hall–Kier alpha value is -3.20. The minimum absolute atomic E-state index is 0.0343. The maximum Gasteiger partial charge on any atom is 0.336 e. The molecule has 3 rings (SSSR count). The van der Waals surface area contributed by atoms with E-state index in [9.17, 15) is 9.59 Å². The minimum atomic E-state index is -1.09. The van der Waals surface area contributed by atoms with E-state index in [-0.39, 0.29) is 16.9 Å². The second-order valence-electron chi connectivity index (χ2n) is 5.39. The van der Waals surface area contributed by atoms with Crippen molar-refractivity contribution in [1.82, 2.24) is 0 Å². The third-order valence-electron chi connectivity index (χ3n) is 3.69. The number of hydrogen-bond donors (Lipinski definition) is 1. The first-order valence-electron chi connectivity index (χ1n) is 8.09. The van der Waals surface area contributed by atoms with Crippen molar-refractivity contribution >= 4 is 11.8 Å². The zero-order valence-corrected chi connectivity index (χ0v) is 14.1. The first kappa shape index (κ1) is 18.1. The van der Waals surface area contributed by atoms with E-state index in [1.54, 1.807) is 30.3 Å². The van der Waals surface area contributed by atoms with Crippen molar-refractivity contribution in [2.45, 2.75) is 13.3 Å². The molecule has 0 spiro atoms. The summed E-state index contributed by atoms with van der Waals surface area (Å²) in [5.41, 5.74) is 1.90. The zero-order chi connectivity index (χ0) is 18.1. The van der Waals surface area contributed by atoms with E-state index in [1.165, 1.54) is 6.07 Å². The molecular weight excluding hydrogens is 312 g/mol. The maximum atomic E-state index is 12.3. The molecule has 0 radical (unpaired) electrons. The van der Waals surface area contributed by atoms with Gasteiger partial charge in [0.2, 0.25) is 0 Å². The average molecular weight is 332 g/mol. The van der Waals surface area contributed by atoms with Gasteiger partial charge in [0.05, 0.1) is 5.56 Å². The minimum Gasteiger partial charge on any atom is -0.478 e. The molecule has 3 aromatic carbocycles. The Bertz CT molecular complexity index is 795. The summed E-state index contributed by atoms with van der Waals surface area (Å²) in [5, 5.41) is 9.09. The Morgan fingerprint density at radius 3 is 1.64 bits per heavy atom. The zero-order valence-electron chi connectivity index (χ0n) is 14.1. The fourth-order valence-electron chi connectivity index (χ4n) is 2.30. The Morgan fingerprint density at radius 2 is 1.20 bits per heavy atom. The molecule has 126 valence electrons. The van der Waals surface area contributed by atoms with Crippen molar-refractivity contribution in [2.75, 3.05) is 0 Å². The topological polar surface area (TPSA) is 54.4 Å². The standard InChI is InChI=1S/C16H14O3.C6H6/c1-2-11-7-9-12(10-8-11)15(17)13-5-3-4-6-14(13)16(18)19;1-2-4-6-5-3-1/h3-10H,2H2,1H3,(H,18,19);1-6H. The molecule has 0 unspecified atom stereocenters. The highest BCUT2D eigenvalue weighted by Crippen LogP contribution is 2.15. The summed E-state index contributed by atoms with van der Waals surface area (Å²) in [7, 11) is 0. The summed E-state index contributed by atoms with van der Waals surface area (Å²) >= 11 is 0. The number of ketones is 1. The molecule has 3 nitrogen and oxygen atoms in total. The van der Waals surface area contributed by atoms with Crippen LogP contribution in [0.2, 0.25) is 0 Å². The summed E-state index contributed by atoms with van der Waals surface area (Å²) in [6, 6.07) is 25.5. The summed E-state index contributed by atoms with van der Waals surface area (Å²) in [5.74, 6) is -1.35. The number of rotatable bonds is 4. The van der Waals surface area contributed by atoms with E-state index in [2.05, 4.69) is 0 Å². The van der Waals surface area contributed by atoms with Gasteiger partial charge >= 0.3 is 5.97 Å². The van der Waals surface area contributed by atoms with Crippen LogP contribution in [0.25, 0.3) is 0 Å². The molecule has 0 saturated heterocycles. The number of hydrogen-bond acceptors (Lipinski definition) is 2. The Balaban J connectivity index is 0.000000316. The molecule has 0 aliphatic rings. The van der Waals surface area contributed by atoms with Crippen LogP contribution in [0, 0.1) is 0 Å². The van der Waals surface area contributed by atoms with Crippen LogP contribution in [0.5, 0.6) is 0 Å². The van der Waals surface area contributed by atoms with Crippen LogP contribution in [0.4, 0.5) is 0 Å². The lowest BCUT2D eigenvalue weighted by Crippen LogP contribution is -2.09. The average Bonchev–Trinajstić information content (AvgIpc) is 2.69. The lowest BCUT2D eigenvalue weighted by Gasteiger charge is -2.05. The molecule has 0 aliphatic heterocycles. The molecule has 3 heteroatoms. The van der Waals surface area contributed by atoms with Crippen molar-refractivity contribution in [2.24, 2.45) is 0 Å². The molecule has 1 N–H and O–H groups in total. The second-order valence-corrected chi connectivity index (χ2v) is 5.39. The first-order valence-corrected chi connectivity index (χ1v) is 8.09. The number of carbonyl (C=O) groups is 2. The van der Waals surface area contributed by atoms with Crippen molar-refractivity contribution < 1.29 is 14.7 Å². The van der Waals surface area contributed by atoms with Crippen molar-refractivity contribution in [3.63, 3.8) is 0 Å². The fourth-order valence-corrected chi connectivity index (χ4v) is 2.30. The highest BCUT2D eigenvalue weighted by Gasteiger charge is 2.16. The molecule has 0 aliphatic carbocycles. The summed E-state index contributed by atoms with van der Waals surface area (Å²) in [6.07, 6.45) is 0.903. The fraction of sp³-hybridized carbons (Fsp3) is 0.0909. The van der Waals surface area contributed by atoms with Gasteiger partial charge in [0.25, 0.3) is 0 Å². The maximum absolute atomic E-state index is 12.3. The molecule has 0 fully saturated rings. The monoisotopic (exact) mass is 332 g/mol. The first-order chi connectivity index (χ1) is 12.1. The van der Waals surface area contributed by atoms with Gasteiger partial charge in [0.15, 0.2) is 5.78 Å². The van der Waals surface area contributed by atoms with Crippen LogP contribution < -0.4 is 0 Å². The Kier molecular flexibility index (Phi) is 6.66. The van der Waals surface area contributed by atoms with Gasteiger partial charge in [0, 0.05) is 11.1 Å². The van der Waals surface area contributed by atoms with Crippen LogP contribution in [0.1, 0.15) is 38.8 Å². The number of carbonyl (C=O) groups excluding carboxylic acids is 1. The largest absolute Gasteiger partial charge is 0.478 e. The Labute approximate surface area is 147 Å². The molecule has 25 heavy (non-hydrogen) atoms. The van der Waals surface area contributed by atoms with Gasteiger partial charge in [-0.15, -0.1) is 0 Å². The SMILES string of the molecule is CCc1ccc(C(=O)c2ccccc2C(=O)O)cc1.c1ccccc1. The quantitative estimate of drug-likeness (QED) is 0.694. The molecule has 0 atom stereocenters. The van der Waals surface area contributed by atoms with E-state index in [0.29, 0.717) is 5.56 Å². The van der Waals surface area contributed by atoms with E-state index < -0.39 is 5.97 Å². The second kappa shape index (κ2) is 9.18. The summed E-state index contributed by atoms with van der Waals surface area (Å²) < 4.78 is 0. The van der Waals surface area contributed by atoms with E-state index in [1.807, 2.05) is 55.5 Å². The molecular formula is C22H20O3. The normalized spacial score (nSPS) is 9.64. The van der Waals surface area contributed by atoms with E-state index >= 15 is 0 Å². The van der Waals surface area contributed by atoms with E-state index in [0.717, 1.165) is 12.0 Å².